The molecule has 1 fully saturated rings. The molecule has 47 heavy (non-hydrogen) atoms. The molecular formula is C31H36ClF6N3O5S. The van der Waals surface area contributed by atoms with E-state index in [0.29, 0.717) is 36.5 Å². The summed E-state index contributed by atoms with van der Waals surface area (Å²) in [5.41, 5.74) is -1.95. The van der Waals surface area contributed by atoms with Crippen LogP contribution in [0.5, 0.6) is 5.75 Å². The van der Waals surface area contributed by atoms with Crippen molar-refractivity contribution < 1.29 is 50.1 Å². The second-order valence-electron chi connectivity index (χ2n) is 10.8. The Kier molecular flexibility index (Phi) is 12.8. The number of alkyl halides is 6. The Bertz CT molecular complexity index is 1460. The largest absolute Gasteiger partial charge is 0.494 e. The van der Waals surface area contributed by atoms with E-state index < -0.39 is 58.9 Å². The molecule has 1 aliphatic rings. The Morgan fingerprint density at radius 1 is 0.957 bits per heavy atom. The predicted octanol–water partition coefficient (Wildman–Crippen LogP) is 6.91. The van der Waals surface area contributed by atoms with Gasteiger partial charge in [-0.3, -0.25) is 18.2 Å². The Morgan fingerprint density at radius 3 is 2.15 bits per heavy atom. The van der Waals surface area contributed by atoms with E-state index >= 15 is 0 Å². The van der Waals surface area contributed by atoms with Gasteiger partial charge in [-0.25, -0.2) is 0 Å². The highest BCUT2D eigenvalue weighted by atomic mass is 35.5. The molecule has 1 heterocycles. The van der Waals surface area contributed by atoms with Crippen molar-refractivity contribution in [3.8, 4) is 5.75 Å². The molecule has 0 unspecified atom stereocenters. The number of hydrogen-bond acceptors (Lipinski definition) is 7. The number of amides is 1. The molecule has 16 heteroatoms. The second kappa shape index (κ2) is 15.8. The van der Waals surface area contributed by atoms with Gasteiger partial charge in [0.15, 0.2) is 0 Å². The van der Waals surface area contributed by atoms with E-state index in [9.17, 15) is 45.3 Å². The second-order valence-corrected chi connectivity index (χ2v) is 12.9. The van der Waals surface area contributed by atoms with Gasteiger partial charge in [0, 0.05) is 31.3 Å². The maximum atomic E-state index is 13.5. The fourth-order valence-corrected chi connectivity index (χ4v) is 6.70. The number of nitrogens with zero attached hydrogens (tertiary/aromatic N) is 1. The molecule has 3 aromatic carbocycles. The van der Waals surface area contributed by atoms with Crippen molar-refractivity contribution in [2.45, 2.75) is 50.8 Å². The molecule has 260 valence electrons. The summed E-state index contributed by atoms with van der Waals surface area (Å²) >= 11 is 0. The van der Waals surface area contributed by atoms with E-state index in [-0.39, 0.29) is 54.9 Å². The van der Waals surface area contributed by atoms with Gasteiger partial charge >= 0.3 is 12.4 Å². The van der Waals surface area contributed by atoms with Crippen molar-refractivity contribution in [3.05, 3.63) is 94.5 Å². The highest BCUT2D eigenvalue weighted by molar-refractivity contribution is 8.25. The Labute approximate surface area is 276 Å². The third-order valence-corrected chi connectivity index (χ3v) is 9.23. The predicted molar refractivity (Wildman–Crippen MR) is 170 cm³/mol. The fraction of sp³-hybridized carbons (Fsp3) is 0.387. The van der Waals surface area contributed by atoms with Crippen LogP contribution in [0.1, 0.15) is 46.0 Å². The van der Waals surface area contributed by atoms with Crippen molar-refractivity contribution in [2.75, 3.05) is 29.8 Å². The highest BCUT2D eigenvalue weighted by Crippen LogP contribution is 2.51. The molecule has 0 spiro atoms. The van der Waals surface area contributed by atoms with Gasteiger partial charge in [0.05, 0.1) is 41.3 Å². The zero-order valence-electron chi connectivity index (χ0n) is 25.1. The molecule has 5 N–H and O–H groups in total. The number of rotatable bonds is 12. The third-order valence-electron chi connectivity index (χ3n) is 7.29. The van der Waals surface area contributed by atoms with E-state index in [0.717, 1.165) is 5.56 Å². The number of ether oxygens (including phenoxy) is 1. The number of nitrogens with one attached hydrogen (secondary N) is 2. The van der Waals surface area contributed by atoms with Gasteiger partial charge in [-0.2, -0.15) is 26.3 Å². The first-order chi connectivity index (χ1) is 21.6. The van der Waals surface area contributed by atoms with Crippen LogP contribution in [0.25, 0.3) is 0 Å². The molecule has 0 aromatic heterocycles. The first-order valence-corrected chi connectivity index (χ1v) is 16.1. The van der Waals surface area contributed by atoms with Crippen LogP contribution in [0, 0.1) is 0 Å². The van der Waals surface area contributed by atoms with E-state index in [1.54, 1.807) is 43.3 Å². The summed E-state index contributed by atoms with van der Waals surface area (Å²) in [6.45, 7) is 1.68. The Morgan fingerprint density at radius 2 is 1.60 bits per heavy atom. The number of carbonyl (C=O) groups is 1. The van der Waals surface area contributed by atoms with Crippen LogP contribution < -0.4 is 19.7 Å². The van der Waals surface area contributed by atoms with Crippen LogP contribution >= 0.6 is 23.2 Å². The molecule has 3 aromatic rings. The van der Waals surface area contributed by atoms with Gasteiger partial charge in [-0.05, 0) is 61.2 Å². The lowest BCUT2D eigenvalue weighted by Crippen LogP contribution is -2.48. The SMILES string of the molecule is CCOc1cc(C(=O)N[C@@H](Cc2ccccc2)[C@@H](O)CNCc2cc(C(F)(F)F)cc(C(F)(F)F)c2)cc(N2CCCS2(O)O)c1.Cl. The number of aliphatic hydroxyl groups is 1. The average Bonchev–Trinajstić information content (AvgIpc) is 3.35. The van der Waals surface area contributed by atoms with Gasteiger partial charge in [-0.1, -0.05) is 30.3 Å². The summed E-state index contributed by atoms with van der Waals surface area (Å²) in [5.74, 6) is -0.122. The molecule has 1 aliphatic heterocycles. The van der Waals surface area contributed by atoms with Gasteiger partial charge in [-0.15, -0.1) is 23.2 Å². The van der Waals surface area contributed by atoms with Crippen molar-refractivity contribution >= 4 is 34.8 Å². The smallest absolute Gasteiger partial charge is 0.416 e. The number of halogens is 7. The van der Waals surface area contributed by atoms with Gasteiger partial charge in [0.2, 0.25) is 0 Å². The number of anilines is 1. The van der Waals surface area contributed by atoms with Crippen LogP contribution in [0.2, 0.25) is 0 Å². The molecule has 0 bridgehead atoms. The Hall–Kier alpha value is -3.21. The molecular weight excluding hydrogens is 676 g/mol. The van der Waals surface area contributed by atoms with Crippen molar-refractivity contribution in [1.82, 2.24) is 10.6 Å². The van der Waals surface area contributed by atoms with Crippen LogP contribution in [-0.4, -0.2) is 57.7 Å². The van der Waals surface area contributed by atoms with Crippen molar-refractivity contribution in [2.24, 2.45) is 0 Å². The minimum Gasteiger partial charge on any atom is -0.494 e. The lowest BCUT2D eigenvalue weighted by atomic mass is 10.00. The van der Waals surface area contributed by atoms with Crippen molar-refractivity contribution in [3.63, 3.8) is 0 Å². The van der Waals surface area contributed by atoms with Crippen LogP contribution in [0.4, 0.5) is 32.0 Å². The molecule has 1 amide bonds. The number of aliphatic hydroxyl groups excluding tert-OH is 1. The van der Waals surface area contributed by atoms with Crippen LogP contribution in [-0.2, 0) is 25.3 Å². The standard InChI is InChI=1S/C31H35F6N3O5S.ClH/c1-2-45-26-15-22(14-25(17-26)40-9-6-10-46(40,43)44)29(42)39-27(13-20-7-4-3-5-8-20)28(41)19-38-18-21-11-23(30(32,33)34)16-24(12-21)31(35,36)37;/h3-5,7-8,11-12,14-17,27-28,38,41,43-44H,2,6,9-10,13,18-19H2,1H3,(H,39,42);1H/t27-,28-;/m0./s1. The number of benzene rings is 3. The van der Waals surface area contributed by atoms with Crippen molar-refractivity contribution in [1.29, 1.82) is 0 Å². The molecule has 0 aliphatic carbocycles. The van der Waals surface area contributed by atoms with Gasteiger partial charge in [0.25, 0.3) is 5.91 Å². The molecule has 1 saturated heterocycles. The molecule has 2 atom stereocenters. The summed E-state index contributed by atoms with van der Waals surface area (Å²) in [4.78, 5) is 13.5. The summed E-state index contributed by atoms with van der Waals surface area (Å²) in [5, 5.41) is 16.6. The summed E-state index contributed by atoms with van der Waals surface area (Å²) < 4.78 is 108. The third kappa shape index (κ3) is 10.4. The maximum absolute atomic E-state index is 13.5. The molecule has 8 nitrogen and oxygen atoms in total. The lowest BCUT2D eigenvalue weighted by molar-refractivity contribution is -0.143. The minimum atomic E-state index is -4.99. The Balaban J connectivity index is 0.00000600. The highest BCUT2D eigenvalue weighted by Gasteiger charge is 2.37. The fourth-order valence-electron chi connectivity index (χ4n) is 5.10. The van der Waals surface area contributed by atoms with E-state index in [4.69, 9.17) is 4.74 Å². The average molecular weight is 712 g/mol. The van der Waals surface area contributed by atoms with Crippen LogP contribution in [0.15, 0.2) is 66.7 Å². The topological polar surface area (TPSA) is 114 Å². The summed E-state index contributed by atoms with van der Waals surface area (Å²) in [6.07, 6.45) is -10.6. The van der Waals surface area contributed by atoms with E-state index in [2.05, 4.69) is 10.6 Å². The first-order valence-electron chi connectivity index (χ1n) is 14.4. The monoisotopic (exact) mass is 711 g/mol. The van der Waals surface area contributed by atoms with Gasteiger partial charge < -0.3 is 20.5 Å². The number of hydrogen-bond donors (Lipinski definition) is 5. The minimum absolute atomic E-state index is 0. The zero-order valence-corrected chi connectivity index (χ0v) is 26.8. The summed E-state index contributed by atoms with van der Waals surface area (Å²) in [6, 6.07) is 13.7. The molecule has 4 rings (SSSR count). The lowest BCUT2D eigenvalue weighted by Gasteiger charge is -2.38. The van der Waals surface area contributed by atoms with Crippen LogP contribution in [0.3, 0.4) is 0 Å². The molecule has 0 radical (unpaired) electrons. The number of carbonyl (C=O) groups excluding carboxylic acids is 1. The maximum Gasteiger partial charge on any atom is 0.416 e. The molecule has 0 saturated carbocycles. The van der Waals surface area contributed by atoms with E-state index in [1.165, 1.54) is 16.4 Å². The first kappa shape index (κ1) is 38.2. The zero-order chi connectivity index (χ0) is 33.7. The summed E-state index contributed by atoms with van der Waals surface area (Å²) in [7, 11) is -3.07. The quantitative estimate of drug-likeness (QED) is 0.130. The van der Waals surface area contributed by atoms with Gasteiger partial charge in [0.1, 0.15) is 5.75 Å². The van der Waals surface area contributed by atoms with E-state index in [1.807, 2.05) is 0 Å². The normalized spacial score (nSPS) is 16.6.